The molecule has 0 aliphatic rings. The van der Waals surface area contributed by atoms with E-state index in [1.54, 1.807) is 11.9 Å². The van der Waals surface area contributed by atoms with E-state index in [2.05, 4.69) is 18.8 Å². The third-order valence-electron chi connectivity index (χ3n) is 3.27. The van der Waals surface area contributed by atoms with Crippen LogP contribution in [-0.2, 0) is 0 Å². The second-order valence-electron chi connectivity index (χ2n) is 5.22. The molecule has 1 rings (SSSR count). The molecule has 2 amide bonds. The van der Waals surface area contributed by atoms with E-state index in [-0.39, 0.29) is 35.6 Å². The molecule has 0 bridgehead atoms. The number of hydrogen-bond donors (Lipinski definition) is 2. The van der Waals surface area contributed by atoms with Gasteiger partial charge in [-0.15, -0.1) is 12.4 Å². The summed E-state index contributed by atoms with van der Waals surface area (Å²) in [6, 6.07) is 3.06. The fourth-order valence-corrected chi connectivity index (χ4v) is 1.64. The maximum Gasteiger partial charge on any atom is 0.272 e. The van der Waals surface area contributed by atoms with E-state index >= 15 is 0 Å². The van der Waals surface area contributed by atoms with Gasteiger partial charge in [-0.3, -0.25) is 14.6 Å². The number of carbonyl (C=O) groups is 2. The number of pyridine rings is 1. The normalized spacial score (nSPS) is 11.7. The van der Waals surface area contributed by atoms with Crippen LogP contribution in [0.1, 0.15) is 41.1 Å². The third-order valence-corrected chi connectivity index (χ3v) is 3.27. The van der Waals surface area contributed by atoms with Crippen LogP contribution in [0, 0.1) is 5.92 Å². The van der Waals surface area contributed by atoms with E-state index in [9.17, 15) is 9.59 Å². The Balaban J connectivity index is 0.00000400. The van der Waals surface area contributed by atoms with E-state index in [4.69, 9.17) is 11.5 Å². The molecule has 0 aliphatic heterocycles. The zero-order valence-electron chi connectivity index (χ0n) is 12.6. The van der Waals surface area contributed by atoms with Gasteiger partial charge in [0, 0.05) is 25.8 Å². The molecule has 21 heavy (non-hydrogen) atoms. The minimum absolute atomic E-state index is 0. The summed E-state index contributed by atoms with van der Waals surface area (Å²) in [6.45, 7) is 4.67. The molecule has 0 aromatic carbocycles. The van der Waals surface area contributed by atoms with Crippen molar-refractivity contribution in [2.24, 2.45) is 17.4 Å². The average molecular weight is 315 g/mol. The molecule has 0 fully saturated rings. The van der Waals surface area contributed by atoms with Crippen molar-refractivity contribution in [2.45, 2.75) is 26.3 Å². The zero-order valence-corrected chi connectivity index (χ0v) is 13.4. The highest BCUT2D eigenvalue weighted by Gasteiger charge is 2.15. The number of aromatic nitrogens is 1. The number of halogens is 1. The largest absolute Gasteiger partial charge is 0.366 e. The lowest BCUT2D eigenvalue weighted by molar-refractivity contribution is 0.0782. The van der Waals surface area contributed by atoms with Gasteiger partial charge in [0.1, 0.15) is 5.69 Å². The fraction of sp³-hybridized carbons (Fsp3) is 0.500. The van der Waals surface area contributed by atoms with Crippen LogP contribution in [0.25, 0.3) is 0 Å². The minimum Gasteiger partial charge on any atom is -0.366 e. The molecule has 7 heteroatoms. The first kappa shape index (κ1) is 19.3. The van der Waals surface area contributed by atoms with E-state index < -0.39 is 5.91 Å². The Morgan fingerprint density at radius 3 is 2.38 bits per heavy atom. The predicted octanol–water partition coefficient (Wildman–Crippen LogP) is 1.05. The molecule has 1 aromatic heterocycles. The van der Waals surface area contributed by atoms with Gasteiger partial charge in [-0.1, -0.05) is 13.8 Å². The summed E-state index contributed by atoms with van der Waals surface area (Å²) in [5, 5.41) is 0. The van der Waals surface area contributed by atoms with Gasteiger partial charge in [-0.05, 0) is 24.5 Å². The van der Waals surface area contributed by atoms with Gasteiger partial charge in [0.15, 0.2) is 0 Å². The third kappa shape index (κ3) is 5.69. The molecular weight excluding hydrogens is 292 g/mol. The van der Waals surface area contributed by atoms with Crippen molar-refractivity contribution < 1.29 is 9.59 Å². The van der Waals surface area contributed by atoms with Crippen molar-refractivity contribution >= 4 is 24.2 Å². The van der Waals surface area contributed by atoms with Crippen molar-refractivity contribution in [1.82, 2.24) is 9.88 Å². The Labute approximate surface area is 131 Å². The minimum atomic E-state index is -0.562. The van der Waals surface area contributed by atoms with Crippen molar-refractivity contribution in [2.75, 3.05) is 13.6 Å². The molecule has 1 heterocycles. The van der Waals surface area contributed by atoms with E-state index in [0.717, 1.165) is 6.42 Å². The Bertz CT molecular complexity index is 476. The van der Waals surface area contributed by atoms with E-state index in [0.29, 0.717) is 12.5 Å². The Morgan fingerprint density at radius 2 is 1.95 bits per heavy atom. The molecule has 1 aromatic rings. The van der Waals surface area contributed by atoms with Crippen molar-refractivity contribution in [3.63, 3.8) is 0 Å². The monoisotopic (exact) mass is 314 g/mol. The fourth-order valence-electron chi connectivity index (χ4n) is 1.64. The second kappa shape index (κ2) is 8.59. The zero-order chi connectivity index (χ0) is 15.3. The van der Waals surface area contributed by atoms with E-state index in [1.165, 1.54) is 18.3 Å². The van der Waals surface area contributed by atoms with Crippen LogP contribution in [0.5, 0.6) is 0 Å². The van der Waals surface area contributed by atoms with Crippen LogP contribution < -0.4 is 11.5 Å². The summed E-state index contributed by atoms with van der Waals surface area (Å²) in [5.74, 6) is -0.379. The predicted molar refractivity (Wildman–Crippen MR) is 84.4 cm³/mol. The van der Waals surface area contributed by atoms with Gasteiger partial charge >= 0.3 is 0 Å². The number of amides is 2. The second-order valence-corrected chi connectivity index (χ2v) is 5.22. The van der Waals surface area contributed by atoms with Gasteiger partial charge in [-0.25, -0.2) is 0 Å². The summed E-state index contributed by atoms with van der Waals surface area (Å²) >= 11 is 0. The number of primary amides is 1. The lowest BCUT2D eigenvalue weighted by Gasteiger charge is -2.21. The Hall–Kier alpha value is -1.66. The van der Waals surface area contributed by atoms with Crippen LogP contribution in [0.2, 0.25) is 0 Å². The number of nitrogens with two attached hydrogens (primary N) is 2. The molecule has 118 valence electrons. The van der Waals surface area contributed by atoms with Crippen LogP contribution in [0.3, 0.4) is 0 Å². The first-order valence-electron chi connectivity index (χ1n) is 6.59. The molecule has 6 nitrogen and oxygen atoms in total. The van der Waals surface area contributed by atoms with Gasteiger partial charge in [-0.2, -0.15) is 0 Å². The maximum absolute atomic E-state index is 12.1. The van der Waals surface area contributed by atoms with Gasteiger partial charge in [0.25, 0.3) is 5.91 Å². The first-order valence-corrected chi connectivity index (χ1v) is 6.59. The summed E-state index contributed by atoms with van der Waals surface area (Å²) in [4.78, 5) is 28.6. The summed E-state index contributed by atoms with van der Waals surface area (Å²) < 4.78 is 0. The highest BCUT2D eigenvalue weighted by Crippen LogP contribution is 2.07. The van der Waals surface area contributed by atoms with Crippen LogP contribution in [0.15, 0.2) is 18.3 Å². The quantitative estimate of drug-likeness (QED) is 0.819. The Kier molecular flexibility index (Phi) is 7.91. The Morgan fingerprint density at radius 1 is 1.33 bits per heavy atom. The molecule has 0 saturated carbocycles. The van der Waals surface area contributed by atoms with Crippen LogP contribution in [0.4, 0.5) is 0 Å². The van der Waals surface area contributed by atoms with Crippen molar-refractivity contribution in [3.05, 3.63) is 29.6 Å². The van der Waals surface area contributed by atoms with Crippen molar-refractivity contribution in [3.8, 4) is 0 Å². The highest BCUT2D eigenvalue weighted by molar-refractivity contribution is 5.95. The van der Waals surface area contributed by atoms with Crippen molar-refractivity contribution in [1.29, 1.82) is 0 Å². The molecule has 0 radical (unpaired) electrons. The van der Waals surface area contributed by atoms with Gasteiger partial charge in [0.05, 0.1) is 5.56 Å². The lowest BCUT2D eigenvalue weighted by Crippen LogP contribution is -2.35. The highest BCUT2D eigenvalue weighted by atomic mass is 35.5. The first-order chi connectivity index (χ1) is 9.32. The molecule has 0 spiro atoms. The van der Waals surface area contributed by atoms with Gasteiger partial charge in [0.2, 0.25) is 5.91 Å². The number of nitrogens with zero attached hydrogens (tertiary/aromatic N) is 2. The smallest absolute Gasteiger partial charge is 0.272 e. The SMILES string of the molecule is CC(C)C(N)CCN(C)C(=O)c1ccc(C(N)=O)cn1.Cl. The molecule has 0 saturated heterocycles. The van der Waals surface area contributed by atoms with E-state index in [1.807, 2.05) is 0 Å². The number of carbonyl (C=O) groups excluding carboxylic acids is 2. The number of hydrogen-bond acceptors (Lipinski definition) is 4. The lowest BCUT2D eigenvalue weighted by atomic mass is 10.0. The average Bonchev–Trinajstić information content (AvgIpc) is 2.43. The summed E-state index contributed by atoms with van der Waals surface area (Å²) in [5.41, 5.74) is 11.6. The van der Waals surface area contributed by atoms with Crippen LogP contribution >= 0.6 is 12.4 Å². The standard InChI is InChI=1S/C14H22N4O2.ClH/c1-9(2)11(15)6-7-18(3)14(20)12-5-4-10(8-17-12)13(16)19;/h4-5,8-9,11H,6-7,15H2,1-3H3,(H2,16,19);1H. The maximum atomic E-state index is 12.1. The summed E-state index contributed by atoms with van der Waals surface area (Å²) in [7, 11) is 1.71. The molecule has 1 atom stereocenters. The topological polar surface area (TPSA) is 102 Å². The molecule has 4 N–H and O–H groups in total. The molecule has 0 aliphatic carbocycles. The van der Waals surface area contributed by atoms with Gasteiger partial charge < -0.3 is 16.4 Å². The molecular formula is C14H23ClN4O2. The number of rotatable bonds is 6. The van der Waals surface area contributed by atoms with Crippen LogP contribution in [-0.4, -0.2) is 41.3 Å². The summed E-state index contributed by atoms with van der Waals surface area (Å²) in [6.07, 6.45) is 2.04. The molecule has 1 unspecified atom stereocenters.